The van der Waals surface area contributed by atoms with Gasteiger partial charge in [0, 0.05) is 12.5 Å². The second-order valence-electron chi connectivity index (χ2n) is 7.38. The molecule has 0 aliphatic carbocycles. The number of thiocarbonyl (C=S) groups is 1. The van der Waals surface area contributed by atoms with Gasteiger partial charge in [-0.1, -0.05) is 78.9 Å². The number of ether oxygens (including phenoxy) is 1. The number of amides is 1. The maximum Gasteiger partial charge on any atom is 0.300 e. The number of benzene rings is 3. The third kappa shape index (κ3) is 6.43. The summed E-state index contributed by atoms with van der Waals surface area (Å²) >= 11 is 5.43. The highest BCUT2D eigenvalue weighted by Crippen LogP contribution is 2.35. The lowest BCUT2D eigenvalue weighted by molar-refractivity contribution is -0.134. The lowest BCUT2D eigenvalue weighted by atomic mass is 9.92. The monoisotopic (exact) mass is 475 g/mol. The quantitative estimate of drug-likeness (QED) is 0.401. The number of para-hydroxylation sites is 1. The van der Waals surface area contributed by atoms with Crippen LogP contribution in [0.5, 0.6) is 5.75 Å². The molecular weight excluding hydrogens is 450 g/mol. The van der Waals surface area contributed by atoms with E-state index in [-0.39, 0.29) is 0 Å². The molecule has 3 aromatic carbocycles. The molecule has 5 N–H and O–H groups in total. The van der Waals surface area contributed by atoms with E-state index in [2.05, 4.69) is 10.6 Å². The van der Waals surface area contributed by atoms with E-state index in [0.717, 1.165) is 23.6 Å². The number of rotatable bonds is 6. The summed E-state index contributed by atoms with van der Waals surface area (Å²) in [4.78, 5) is 21.5. The van der Waals surface area contributed by atoms with Gasteiger partial charge in [-0.3, -0.25) is 9.59 Å². The minimum absolute atomic E-state index is 0.408. The molecule has 1 aliphatic rings. The van der Waals surface area contributed by atoms with Crippen molar-refractivity contribution >= 4 is 34.9 Å². The number of nitrogens with two attached hydrogens (primary N) is 1. The minimum atomic E-state index is -0.833. The molecular formula is C26H25N3O4S. The Labute approximate surface area is 203 Å². The predicted molar refractivity (Wildman–Crippen MR) is 135 cm³/mol. The summed E-state index contributed by atoms with van der Waals surface area (Å²) in [5.74, 6) is -0.700. The van der Waals surface area contributed by atoms with Gasteiger partial charge < -0.3 is 26.2 Å². The zero-order valence-electron chi connectivity index (χ0n) is 18.5. The van der Waals surface area contributed by atoms with Gasteiger partial charge in [-0.05, 0) is 29.4 Å². The van der Waals surface area contributed by atoms with Crippen molar-refractivity contribution in [3.63, 3.8) is 0 Å². The van der Waals surface area contributed by atoms with E-state index < -0.39 is 17.9 Å². The standard InChI is InChI=1S/C24H21N3O2S.C2H4O2/c25-23(28)20-21(17-11-5-2-6-12-17)26-24(30)27-22(20)18-13-7-8-14-19(18)29-15-16-9-3-1-4-10-16;1-2(3)4/h1-14,22H,15H2,(H2,25,28)(H2,26,27,30);1H3,(H,3,4). The Kier molecular flexibility index (Phi) is 8.37. The van der Waals surface area contributed by atoms with Crippen LogP contribution in [0, 0.1) is 0 Å². The number of carboxylic acids is 1. The van der Waals surface area contributed by atoms with E-state index in [0.29, 0.717) is 28.7 Å². The van der Waals surface area contributed by atoms with Gasteiger partial charge in [0.25, 0.3) is 5.97 Å². The van der Waals surface area contributed by atoms with Gasteiger partial charge in [-0.15, -0.1) is 0 Å². The lowest BCUT2D eigenvalue weighted by Crippen LogP contribution is -2.46. The van der Waals surface area contributed by atoms with Crippen LogP contribution < -0.4 is 21.1 Å². The van der Waals surface area contributed by atoms with E-state index in [4.69, 9.17) is 32.6 Å². The van der Waals surface area contributed by atoms with Gasteiger partial charge in [0.15, 0.2) is 5.11 Å². The lowest BCUT2D eigenvalue weighted by Gasteiger charge is -2.31. The third-order valence-corrected chi connectivity index (χ3v) is 5.09. The third-order valence-electron chi connectivity index (χ3n) is 4.87. The minimum Gasteiger partial charge on any atom is -0.489 e. The summed E-state index contributed by atoms with van der Waals surface area (Å²) in [5.41, 5.74) is 9.52. The van der Waals surface area contributed by atoms with Crippen LogP contribution in [0.15, 0.2) is 90.5 Å². The number of hydrogen-bond acceptors (Lipinski definition) is 4. The summed E-state index contributed by atoms with van der Waals surface area (Å²) in [6.45, 7) is 1.49. The Bertz CT molecular complexity index is 1190. The molecule has 0 saturated heterocycles. The molecule has 0 spiro atoms. The molecule has 1 unspecified atom stereocenters. The first kappa shape index (κ1) is 24.5. The second-order valence-corrected chi connectivity index (χ2v) is 7.79. The van der Waals surface area contributed by atoms with E-state index in [9.17, 15) is 4.79 Å². The van der Waals surface area contributed by atoms with Crippen molar-refractivity contribution in [1.82, 2.24) is 10.6 Å². The van der Waals surface area contributed by atoms with Gasteiger partial charge >= 0.3 is 0 Å². The van der Waals surface area contributed by atoms with Crippen molar-refractivity contribution < 1.29 is 19.4 Å². The number of aliphatic carboxylic acids is 1. The number of carbonyl (C=O) groups is 2. The summed E-state index contributed by atoms with van der Waals surface area (Å²) in [6.07, 6.45) is 0. The maximum absolute atomic E-state index is 12.5. The van der Waals surface area contributed by atoms with Gasteiger partial charge in [0.05, 0.1) is 17.3 Å². The average Bonchev–Trinajstić information content (AvgIpc) is 2.83. The fourth-order valence-electron chi connectivity index (χ4n) is 3.48. The molecule has 0 saturated carbocycles. The molecule has 0 radical (unpaired) electrons. The summed E-state index contributed by atoms with van der Waals surface area (Å²) < 4.78 is 6.10. The largest absolute Gasteiger partial charge is 0.489 e. The molecule has 1 amide bonds. The molecule has 8 heteroatoms. The Balaban J connectivity index is 0.000000751. The van der Waals surface area contributed by atoms with Crippen molar-refractivity contribution in [2.75, 3.05) is 0 Å². The van der Waals surface area contributed by atoms with E-state index in [1.165, 1.54) is 0 Å². The number of carboxylic acid groups (broad SMARTS) is 1. The summed E-state index contributed by atoms with van der Waals surface area (Å²) in [5, 5.41) is 14.1. The summed E-state index contributed by atoms with van der Waals surface area (Å²) in [6, 6.07) is 26.5. The predicted octanol–water partition coefficient (Wildman–Crippen LogP) is 3.77. The van der Waals surface area contributed by atoms with Crippen LogP contribution in [-0.2, 0) is 16.2 Å². The van der Waals surface area contributed by atoms with Gasteiger partial charge in [-0.25, -0.2) is 0 Å². The zero-order valence-corrected chi connectivity index (χ0v) is 19.3. The van der Waals surface area contributed by atoms with Crippen molar-refractivity contribution in [2.45, 2.75) is 19.6 Å². The highest BCUT2D eigenvalue weighted by molar-refractivity contribution is 7.80. The Morgan fingerprint density at radius 3 is 2.15 bits per heavy atom. The molecule has 1 heterocycles. The first-order valence-electron chi connectivity index (χ1n) is 10.5. The molecule has 174 valence electrons. The highest BCUT2D eigenvalue weighted by atomic mass is 32.1. The van der Waals surface area contributed by atoms with Crippen LogP contribution in [0.4, 0.5) is 0 Å². The zero-order chi connectivity index (χ0) is 24.5. The molecule has 1 aliphatic heterocycles. The van der Waals surface area contributed by atoms with E-state index >= 15 is 0 Å². The van der Waals surface area contributed by atoms with Gasteiger partial charge in [0.1, 0.15) is 12.4 Å². The Hall–Kier alpha value is -4.17. The second kappa shape index (κ2) is 11.6. The van der Waals surface area contributed by atoms with Crippen LogP contribution in [0.25, 0.3) is 5.70 Å². The van der Waals surface area contributed by atoms with E-state index in [1.54, 1.807) is 0 Å². The SMILES string of the molecule is CC(=O)O.NC(=O)C1=C(c2ccccc2)NC(=S)NC1c1ccccc1OCc1ccccc1. The van der Waals surface area contributed by atoms with Crippen LogP contribution in [0.3, 0.4) is 0 Å². The Morgan fingerprint density at radius 2 is 1.53 bits per heavy atom. The topological polar surface area (TPSA) is 114 Å². The van der Waals surface area contributed by atoms with Crippen molar-refractivity contribution in [3.8, 4) is 5.75 Å². The molecule has 34 heavy (non-hydrogen) atoms. The van der Waals surface area contributed by atoms with Crippen LogP contribution in [0.1, 0.15) is 29.7 Å². The molecule has 1 atom stereocenters. The molecule has 0 bridgehead atoms. The maximum atomic E-state index is 12.5. The first-order chi connectivity index (χ1) is 16.4. The number of primary amides is 1. The molecule has 0 fully saturated rings. The van der Waals surface area contributed by atoms with Gasteiger partial charge in [0.2, 0.25) is 5.91 Å². The van der Waals surface area contributed by atoms with Crippen molar-refractivity contribution in [2.24, 2.45) is 5.73 Å². The summed E-state index contributed by atoms with van der Waals surface area (Å²) in [7, 11) is 0. The van der Waals surface area contributed by atoms with Crippen LogP contribution in [0.2, 0.25) is 0 Å². The fraction of sp³-hybridized carbons (Fsp3) is 0.115. The normalized spacial score (nSPS) is 14.7. The number of carbonyl (C=O) groups excluding carboxylic acids is 1. The van der Waals surface area contributed by atoms with E-state index in [1.807, 2.05) is 84.9 Å². The number of nitrogens with one attached hydrogen (secondary N) is 2. The fourth-order valence-corrected chi connectivity index (χ4v) is 3.70. The molecule has 7 nitrogen and oxygen atoms in total. The number of hydrogen-bond donors (Lipinski definition) is 4. The van der Waals surface area contributed by atoms with Crippen LogP contribution >= 0.6 is 12.2 Å². The highest BCUT2D eigenvalue weighted by Gasteiger charge is 2.32. The molecule has 0 aromatic heterocycles. The molecule has 3 aromatic rings. The Morgan fingerprint density at radius 1 is 0.971 bits per heavy atom. The van der Waals surface area contributed by atoms with Crippen molar-refractivity contribution in [1.29, 1.82) is 0 Å². The van der Waals surface area contributed by atoms with Gasteiger partial charge in [-0.2, -0.15) is 0 Å². The van der Waals surface area contributed by atoms with Crippen molar-refractivity contribution in [3.05, 3.63) is 107 Å². The van der Waals surface area contributed by atoms with Crippen LogP contribution in [-0.4, -0.2) is 22.1 Å². The average molecular weight is 476 g/mol. The molecule has 4 rings (SSSR count). The first-order valence-corrected chi connectivity index (χ1v) is 10.9. The smallest absolute Gasteiger partial charge is 0.300 e.